The van der Waals surface area contributed by atoms with E-state index in [-0.39, 0.29) is 12.5 Å². The van der Waals surface area contributed by atoms with Crippen molar-refractivity contribution < 1.29 is 9.90 Å². The van der Waals surface area contributed by atoms with Gasteiger partial charge in [0.15, 0.2) is 0 Å². The van der Waals surface area contributed by atoms with Gasteiger partial charge in [0.05, 0.1) is 18.5 Å². The van der Waals surface area contributed by atoms with E-state index >= 15 is 0 Å². The number of carbonyl (C=O) groups excluding carboxylic acids is 1. The van der Waals surface area contributed by atoms with Gasteiger partial charge in [-0.25, -0.2) is 0 Å². The fraction of sp³-hybridized carbons (Fsp3) is 0.273. The summed E-state index contributed by atoms with van der Waals surface area (Å²) in [6, 6.07) is 15.8. The van der Waals surface area contributed by atoms with Crippen molar-refractivity contribution in [2.75, 3.05) is 6.54 Å². The zero-order valence-corrected chi connectivity index (χ0v) is 15.2. The topological polar surface area (TPSA) is 62.2 Å². The van der Waals surface area contributed by atoms with Crippen molar-refractivity contribution in [1.82, 2.24) is 10.3 Å². The molecule has 4 heteroatoms. The van der Waals surface area contributed by atoms with Crippen LogP contribution in [-0.2, 0) is 24.2 Å². The number of aliphatic hydroxyl groups is 1. The first-order valence-corrected chi connectivity index (χ1v) is 8.88. The molecule has 0 saturated heterocycles. The standard InChI is InChI=1S/C22H24N2O2/c1-15-19-5-3-4-6-21(19)24-16(2)20(15)13-22(26)23-12-11-17-7-9-18(14-25)10-8-17/h3-10,25H,11-14H2,1-2H3,(H,23,26). The molecule has 1 aromatic heterocycles. The largest absolute Gasteiger partial charge is 0.392 e. The maximum Gasteiger partial charge on any atom is 0.224 e. The Kier molecular flexibility index (Phi) is 5.64. The fourth-order valence-corrected chi connectivity index (χ4v) is 3.21. The number of benzene rings is 2. The first-order chi connectivity index (χ1) is 12.6. The summed E-state index contributed by atoms with van der Waals surface area (Å²) in [4.78, 5) is 17.0. The van der Waals surface area contributed by atoms with E-state index in [1.54, 1.807) is 0 Å². The van der Waals surface area contributed by atoms with Crippen molar-refractivity contribution in [2.45, 2.75) is 33.3 Å². The smallest absolute Gasteiger partial charge is 0.224 e. The minimum atomic E-state index is 0.0141. The molecule has 134 valence electrons. The van der Waals surface area contributed by atoms with Crippen molar-refractivity contribution in [3.05, 3.63) is 76.5 Å². The third kappa shape index (κ3) is 4.09. The van der Waals surface area contributed by atoms with Crippen molar-refractivity contribution in [3.63, 3.8) is 0 Å². The van der Waals surface area contributed by atoms with Crippen LogP contribution in [0.15, 0.2) is 48.5 Å². The molecule has 0 atom stereocenters. The van der Waals surface area contributed by atoms with Gasteiger partial charge in [0.2, 0.25) is 5.91 Å². The van der Waals surface area contributed by atoms with Gasteiger partial charge in [0, 0.05) is 17.6 Å². The third-order valence-electron chi connectivity index (χ3n) is 4.76. The summed E-state index contributed by atoms with van der Waals surface area (Å²) >= 11 is 0. The Hall–Kier alpha value is -2.72. The highest BCUT2D eigenvalue weighted by Crippen LogP contribution is 2.22. The van der Waals surface area contributed by atoms with Crippen LogP contribution in [0.25, 0.3) is 10.9 Å². The number of aryl methyl sites for hydroxylation is 2. The number of aliphatic hydroxyl groups excluding tert-OH is 1. The molecule has 4 nitrogen and oxygen atoms in total. The third-order valence-corrected chi connectivity index (χ3v) is 4.76. The summed E-state index contributed by atoms with van der Waals surface area (Å²) in [5.74, 6) is 0.0141. The molecule has 0 aliphatic rings. The van der Waals surface area contributed by atoms with Gasteiger partial charge >= 0.3 is 0 Å². The second-order valence-electron chi connectivity index (χ2n) is 6.57. The minimum Gasteiger partial charge on any atom is -0.392 e. The lowest BCUT2D eigenvalue weighted by Gasteiger charge is -2.13. The van der Waals surface area contributed by atoms with Gasteiger partial charge in [-0.3, -0.25) is 9.78 Å². The fourth-order valence-electron chi connectivity index (χ4n) is 3.21. The lowest BCUT2D eigenvalue weighted by Crippen LogP contribution is -2.28. The Morgan fingerprint density at radius 2 is 1.73 bits per heavy atom. The summed E-state index contributed by atoms with van der Waals surface area (Å²) in [5, 5.41) is 13.2. The predicted octanol–water partition coefficient (Wildman–Crippen LogP) is 3.25. The number of rotatable bonds is 6. The number of pyridine rings is 1. The maximum absolute atomic E-state index is 12.4. The number of hydrogen-bond acceptors (Lipinski definition) is 3. The number of para-hydroxylation sites is 1. The minimum absolute atomic E-state index is 0.0141. The summed E-state index contributed by atoms with van der Waals surface area (Å²) in [5.41, 5.74) is 6.06. The zero-order chi connectivity index (χ0) is 18.5. The Morgan fingerprint density at radius 1 is 1.04 bits per heavy atom. The molecule has 26 heavy (non-hydrogen) atoms. The predicted molar refractivity (Wildman–Crippen MR) is 104 cm³/mol. The average molecular weight is 348 g/mol. The van der Waals surface area contributed by atoms with Crippen molar-refractivity contribution in [2.24, 2.45) is 0 Å². The molecule has 2 aromatic carbocycles. The quantitative estimate of drug-likeness (QED) is 0.719. The Morgan fingerprint density at radius 3 is 2.46 bits per heavy atom. The Balaban J connectivity index is 1.62. The van der Waals surface area contributed by atoms with Crippen LogP contribution >= 0.6 is 0 Å². The molecule has 1 amide bonds. The second kappa shape index (κ2) is 8.11. The van der Waals surface area contributed by atoms with Gasteiger partial charge < -0.3 is 10.4 Å². The Labute approximate surface area is 153 Å². The summed E-state index contributed by atoms with van der Waals surface area (Å²) < 4.78 is 0. The van der Waals surface area contributed by atoms with E-state index in [9.17, 15) is 4.79 Å². The van der Waals surface area contributed by atoms with Crippen LogP contribution in [0.5, 0.6) is 0 Å². The highest BCUT2D eigenvalue weighted by molar-refractivity contribution is 5.86. The van der Waals surface area contributed by atoms with Crippen LogP contribution < -0.4 is 5.32 Å². The lowest BCUT2D eigenvalue weighted by molar-refractivity contribution is -0.120. The molecular formula is C22H24N2O2. The highest BCUT2D eigenvalue weighted by atomic mass is 16.3. The molecular weight excluding hydrogens is 324 g/mol. The van der Waals surface area contributed by atoms with Gasteiger partial charge in [-0.1, -0.05) is 42.5 Å². The van der Waals surface area contributed by atoms with Crippen LogP contribution in [-0.4, -0.2) is 22.5 Å². The van der Waals surface area contributed by atoms with Crippen molar-refractivity contribution >= 4 is 16.8 Å². The highest BCUT2D eigenvalue weighted by Gasteiger charge is 2.12. The summed E-state index contributed by atoms with van der Waals surface area (Å²) in [7, 11) is 0. The van der Waals surface area contributed by atoms with Gasteiger partial charge in [0.25, 0.3) is 0 Å². The summed E-state index contributed by atoms with van der Waals surface area (Å²) in [6.45, 7) is 4.67. The van der Waals surface area contributed by atoms with Crippen molar-refractivity contribution in [3.8, 4) is 0 Å². The number of nitrogens with zero attached hydrogens (tertiary/aromatic N) is 1. The first-order valence-electron chi connectivity index (χ1n) is 8.88. The number of carbonyl (C=O) groups is 1. The van der Waals surface area contributed by atoms with E-state index in [4.69, 9.17) is 5.11 Å². The molecule has 0 spiro atoms. The molecule has 3 aromatic rings. The summed E-state index contributed by atoms with van der Waals surface area (Å²) in [6.07, 6.45) is 1.12. The van der Waals surface area contributed by atoms with Gasteiger partial charge in [-0.15, -0.1) is 0 Å². The van der Waals surface area contributed by atoms with Crippen LogP contribution in [0.1, 0.15) is 27.9 Å². The van der Waals surface area contributed by atoms with Crippen LogP contribution in [0.2, 0.25) is 0 Å². The zero-order valence-electron chi connectivity index (χ0n) is 15.2. The number of aromatic nitrogens is 1. The van der Waals surface area contributed by atoms with Crippen LogP contribution in [0.4, 0.5) is 0 Å². The van der Waals surface area contributed by atoms with Gasteiger partial charge in [-0.2, -0.15) is 0 Å². The average Bonchev–Trinajstić information content (AvgIpc) is 2.66. The second-order valence-corrected chi connectivity index (χ2v) is 6.57. The molecule has 0 radical (unpaired) electrons. The molecule has 0 aliphatic heterocycles. The van der Waals surface area contributed by atoms with Crippen LogP contribution in [0.3, 0.4) is 0 Å². The molecule has 1 heterocycles. The molecule has 0 saturated carbocycles. The number of amides is 1. The lowest BCUT2D eigenvalue weighted by atomic mass is 9.99. The molecule has 0 bridgehead atoms. The van der Waals surface area contributed by atoms with Gasteiger partial charge in [-0.05, 0) is 48.6 Å². The van der Waals surface area contributed by atoms with Crippen LogP contribution in [0, 0.1) is 13.8 Å². The number of fused-ring (bicyclic) bond motifs is 1. The van der Waals surface area contributed by atoms with E-state index < -0.39 is 0 Å². The number of hydrogen-bond donors (Lipinski definition) is 2. The van der Waals surface area contributed by atoms with E-state index in [1.165, 1.54) is 0 Å². The van der Waals surface area contributed by atoms with E-state index in [0.717, 1.165) is 45.3 Å². The molecule has 3 rings (SSSR count). The number of nitrogens with one attached hydrogen (secondary N) is 1. The molecule has 0 unspecified atom stereocenters. The Bertz CT molecular complexity index is 917. The van der Waals surface area contributed by atoms with E-state index in [2.05, 4.69) is 23.3 Å². The monoisotopic (exact) mass is 348 g/mol. The first kappa shape index (κ1) is 18.1. The normalized spacial score (nSPS) is 10.9. The SMILES string of the molecule is Cc1nc2ccccc2c(C)c1CC(=O)NCCc1ccc(CO)cc1. The van der Waals surface area contributed by atoms with E-state index in [1.807, 2.05) is 49.4 Å². The van der Waals surface area contributed by atoms with Crippen molar-refractivity contribution in [1.29, 1.82) is 0 Å². The maximum atomic E-state index is 12.4. The van der Waals surface area contributed by atoms with E-state index in [0.29, 0.717) is 13.0 Å². The molecule has 2 N–H and O–H groups in total. The molecule has 0 aliphatic carbocycles. The van der Waals surface area contributed by atoms with Gasteiger partial charge in [0.1, 0.15) is 0 Å². The molecule has 0 fully saturated rings.